The zero-order valence-corrected chi connectivity index (χ0v) is 20.4. The van der Waals surface area contributed by atoms with Crippen molar-refractivity contribution in [3.63, 3.8) is 0 Å². The first kappa shape index (κ1) is 24.9. The Morgan fingerprint density at radius 1 is 1.00 bits per heavy atom. The van der Waals surface area contributed by atoms with Crippen LogP contribution in [-0.4, -0.2) is 53.6 Å². The summed E-state index contributed by atoms with van der Waals surface area (Å²) < 4.78 is 4.59. The lowest BCUT2D eigenvalue weighted by atomic mass is 10.1. The van der Waals surface area contributed by atoms with Crippen molar-refractivity contribution in [1.29, 1.82) is 0 Å². The third-order valence-corrected chi connectivity index (χ3v) is 5.86. The van der Waals surface area contributed by atoms with Crippen molar-refractivity contribution in [2.45, 2.75) is 19.4 Å². The fraction of sp³-hybridized carbons (Fsp3) is 0.259. The Hall–Kier alpha value is -4.24. The Labute approximate surface area is 209 Å². The van der Waals surface area contributed by atoms with E-state index in [1.54, 1.807) is 18.5 Å². The number of hydrogen-bond donors (Lipinski definition) is 4. The number of benzene rings is 2. The molecule has 0 radical (unpaired) electrons. The number of esters is 1. The van der Waals surface area contributed by atoms with Gasteiger partial charge in [0.2, 0.25) is 0 Å². The van der Waals surface area contributed by atoms with Crippen molar-refractivity contribution in [2.75, 3.05) is 32.1 Å². The van der Waals surface area contributed by atoms with Crippen LogP contribution in [0.4, 0.5) is 5.82 Å². The second-order valence-corrected chi connectivity index (χ2v) is 8.35. The molecule has 36 heavy (non-hydrogen) atoms. The van der Waals surface area contributed by atoms with Gasteiger partial charge in [-0.3, -0.25) is 9.59 Å². The minimum Gasteiger partial charge on any atom is -0.469 e. The Kier molecular flexibility index (Phi) is 8.25. The third kappa shape index (κ3) is 6.25. The van der Waals surface area contributed by atoms with E-state index in [-0.39, 0.29) is 17.9 Å². The number of fused-ring (bicyclic) bond motifs is 1. The summed E-state index contributed by atoms with van der Waals surface area (Å²) in [6.07, 6.45) is 1.84. The predicted octanol–water partition coefficient (Wildman–Crippen LogP) is 3.68. The van der Waals surface area contributed by atoms with E-state index >= 15 is 0 Å². The van der Waals surface area contributed by atoms with Crippen LogP contribution in [-0.2, 0) is 9.53 Å². The van der Waals surface area contributed by atoms with E-state index in [0.717, 1.165) is 28.1 Å². The van der Waals surface area contributed by atoms with Crippen molar-refractivity contribution in [1.82, 2.24) is 25.6 Å². The highest BCUT2D eigenvalue weighted by Crippen LogP contribution is 2.29. The highest BCUT2D eigenvalue weighted by Gasteiger charge is 2.13. The Morgan fingerprint density at radius 3 is 2.53 bits per heavy atom. The second kappa shape index (κ2) is 11.9. The number of methoxy groups -OCH3 is 1. The fourth-order valence-electron chi connectivity index (χ4n) is 3.83. The van der Waals surface area contributed by atoms with Gasteiger partial charge >= 0.3 is 5.97 Å². The summed E-state index contributed by atoms with van der Waals surface area (Å²) in [4.78, 5) is 35.7. The molecule has 2 aromatic heterocycles. The molecule has 0 spiro atoms. The summed E-state index contributed by atoms with van der Waals surface area (Å²) >= 11 is 0. The van der Waals surface area contributed by atoms with Gasteiger partial charge in [-0.15, -0.1) is 0 Å². The molecule has 0 aliphatic heterocycles. The van der Waals surface area contributed by atoms with E-state index in [1.807, 2.05) is 36.4 Å². The van der Waals surface area contributed by atoms with Gasteiger partial charge < -0.3 is 25.7 Å². The van der Waals surface area contributed by atoms with Gasteiger partial charge in [0.05, 0.1) is 18.9 Å². The molecule has 2 heterocycles. The van der Waals surface area contributed by atoms with Crippen LogP contribution in [0, 0.1) is 0 Å². The van der Waals surface area contributed by atoms with Gasteiger partial charge in [-0.05, 0) is 36.2 Å². The first-order valence-electron chi connectivity index (χ1n) is 11.9. The molecule has 0 aliphatic carbocycles. The summed E-state index contributed by atoms with van der Waals surface area (Å²) in [7, 11) is 1.36. The van der Waals surface area contributed by atoms with Gasteiger partial charge in [-0.25, -0.2) is 9.97 Å². The van der Waals surface area contributed by atoms with Crippen LogP contribution in [0.1, 0.15) is 35.3 Å². The zero-order chi connectivity index (χ0) is 25.3. The number of H-pyrrole nitrogens is 1. The smallest absolute Gasteiger partial charge is 0.306 e. The molecule has 186 valence electrons. The van der Waals surface area contributed by atoms with Crippen LogP contribution < -0.4 is 16.0 Å². The van der Waals surface area contributed by atoms with E-state index in [1.165, 1.54) is 12.7 Å². The van der Waals surface area contributed by atoms with Crippen LogP contribution in [0.5, 0.6) is 0 Å². The SMILES string of the molecule is COC(=O)CCNCCNC(=O)c1ccc(-c2cc3c(NC(C)c4ccccc4)ncnc3[nH]2)cc1. The fourth-order valence-corrected chi connectivity index (χ4v) is 3.83. The summed E-state index contributed by atoms with van der Waals surface area (Å²) in [5.74, 6) is 0.345. The number of ether oxygens (including phenoxy) is 1. The average molecular weight is 487 g/mol. The molecule has 0 fully saturated rings. The maximum absolute atomic E-state index is 12.4. The van der Waals surface area contributed by atoms with Crippen LogP contribution in [0.3, 0.4) is 0 Å². The first-order valence-corrected chi connectivity index (χ1v) is 11.9. The molecular weight excluding hydrogens is 456 g/mol. The standard InChI is InChI=1S/C27H30N6O3/c1-18(19-6-4-3-5-7-19)32-25-22-16-23(33-26(22)31-17-30-25)20-8-10-21(11-9-20)27(35)29-15-14-28-13-12-24(34)36-2/h3-11,16-18,28H,12-15H2,1-2H3,(H,29,35)(H2,30,31,32,33). The molecule has 4 aromatic rings. The number of carbonyl (C=O) groups excluding carboxylic acids is 2. The van der Waals surface area contributed by atoms with Crippen molar-refractivity contribution in [3.05, 3.63) is 78.1 Å². The monoisotopic (exact) mass is 486 g/mol. The Balaban J connectivity index is 1.37. The quantitative estimate of drug-likeness (QED) is 0.188. The number of carbonyl (C=O) groups is 2. The summed E-state index contributed by atoms with van der Waals surface area (Å²) in [5.41, 5.74) is 4.32. The van der Waals surface area contributed by atoms with E-state index in [4.69, 9.17) is 0 Å². The molecule has 0 saturated heterocycles. The minimum absolute atomic E-state index is 0.0866. The minimum atomic E-state index is -0.261. The summed E-state index contributed by atoms with van der Waals surface area (Å²) in [6, 6.07) is 19.7. The number of aromatic nitrogens is 3. The Bertz CT molecular complexity index is 1300. The van der Waals surface area contributed by atoms with Crippen molar-refractivity contribution in [3.8, 4) is 11.3 Å². The maximum atomic E-state index is 12.4. The summed E-state index contributed by atoms with van der Waals surface area (Å²) in [5, 5.41) is 10.3. The second-order valence-electron chi connectivity index (χ2n) is 8.35. The molecule has 2 aromatic carbocycles. The number of nitrogens with one attached hydrogen (secondary N) is 4. The molecule has 9 heteroatoms. The highest BCUT2D eigenvalue weighted by atomic mass is 16.5. The molecule has 1 atom stereocenters. The lowest BCUT2D eigenvalue weighted by Gasteiger charge is -2.15. The van der Waals surface area contributed by atoms with Crippen LogP contribution in [0.2, 0.25) is 0 Å². The molecule has 9 nitrogen and oxygen atoms in total. The van der Waals surface area contributed by atoms with Crippen molar-refractivity contribution >= 4 is 28.7 Å². The molecule has 1 amide bonds. The van der Waals surface area contributed by atoms with Gasteiger partial charge in [0, 0.05) is 36.9 Å². The van der Waals surface area contributed by atoms with Crippen LogP contribution in [0.15, 0.2) is 67.0 Å². The van der Waals surface area contributed by atoms with Gasteiger partial charge in [-0.1, -0.05) is 42.5 Å². The Morgan fingerprint density at radius 2 is 1.78 bits per heavy atom. The van der Waals surface area contributed by atoms with Gasteiger partial charge in [-0.2, -0.15) is 0 Å². The molecule has 0 aliphatic rings. The topological polar surface area (TPSA) is 121 Å². The lowest BCUT2D eigenvalue weighted by molar-refractivity contribution is -0.140. The van der Waals surface area contributed by atoms with Gasteiger partial charge in [0.15, 0.2) is 0 Å². The molecule has 4 rings (SSSR count). The molecule has 1 unspecified atom stereocenters. The number of aromatic amines is 1. The number of nitrogens with zero attached hydrogens (tertiary/aromatic N) is 2. The van der Waals surface area contributed by atoms with Crippen LogP contribution >= 0.6 is 0 Å². The first-order chi connectivity index (χ1) is 17.5. The van der Waals surface area contributed by atoms with Gasteiger partial charge in [0.1, 0.15) is 17.8 Å². The third-order valence-electron chi connectivity index (χ3n) is 5.86. The van der Waals surface area contributed by atoms with Gasteiger partial charge in [0.25, 0.3) is 5.91 Å². The largest absolute Gasteiger partial charge is 0.469 e. The van der Waals surface area contributed by atoms with E-state index in [2.05, 4.69) is 54.7 Å². The zero-order valence-electron chi connectivity index (χ0n) is 20.4. The highest BCUT2D eigenvalue weighted by molar-refractivity contribution is 5.95. The van der Waals surface area contributed by atoms with E-state index in [9.17, 15) is 9.59 Å². The average Bonchev–Trinajstić information content (AvgIpc) is 3.36. The number of hydrogen-bond acceptors (Lipinski definition) is 7. The van der Waals surface area contributed by atoms with E-state index < -0.39 is 0 Å². The normalized spacial score (nSPS) is 11.7. The molecule has 0 bridgehead atoms. The molecular formula is C27H30N6O3. The van der Waals surface area contributed by atoms with Crippen molar-refractivity contribution < 1.29 is 14.3 Å². The van der Waals surface area contributed by atoms with E-state index in [0.29, 0.717) is 31.6 Å². The number of anilines is 1. The number of rotatable bonds is 11. The number of amides is 1. The molecule has 0 saturated carbocycles. The lowest BCUT2D eigenvalue weighted by Crippen LogP contribution is -2.32. The summed E-state index contributed by atoms with van der Waals surface area (Å²) in [6.45, 7) is 3.63. The predicted molar refractivity (Wildman–Crippen MR) is 140 cm³/mol. The van der Waals surface area contributed by atoms with Crippen LogP contribution in [0.25, 0.3) is 22.3 Å². The molecule has 4 N–H and O–H groups in total. The van der Waals surface area contributed by atoms with Crippen molar-refractivity contribution in [2.24, 2.45) is 0 Å². The maximum Gasteiger partial charge on any atom is 0.306 e.